The molecule has 1 rings (SSSR count). The van der Waals surface area contributed by atoms with Gasteiger partial charge in [-0.1, -0.05) is 93.2 Å². The molecule has 0 radical (unpaired) electrons. The van der Waals surface area contributed by atoms with E-state index in [0.717, 1.165) is 12.8 Å². The zero-order valence-corrected chi connectivity index (χ0v) is 17.2. The van der Waals surface area contributed by atoms with Gasteiger partial charge in [0.2, 0.25) is 0 Å². The SMILES string of the molecule is C[Si](C)(CCCCCCCCC(N)(CO)CO)c1ccccc1.Cl. The number of aliphatic hydroxyl groups is 2. The Kier molecular flexibility index (Phi) is 11.8. The molecule has 0 fully saturated rings. The molecule has 140 valence electrons. The zero-order chi connectivity index (χ0) is 17.2. The molecule has 0 saturated carbocycles. The molecule has 0 aliphatic heterocycles. The van der Waals surface area contributed by atoms with Gasteiger partial charge in [-0.05, 0) is 6.42 Å². The Morgan fingerprint density at radius 1 is 0.875 bits per heavy atom. The molecule has 0 amide bonds. The van der Waals surface area contributed by atoms with Gasteiger partial charge >= 0.3 is 0 Å². The maximum Gasteiger partial charge on any atom is 0.0806 e. The van der Waals surface area contributed by atoms with Gasteiger partial charge in [-0.2, -0.15) is 0 Å². The topological polar surface area (TPSA) is 66.5 Å². The molecule has 1 aromatic rings. The number of benzene rings is 1. The second kappa shape index (κ2) is 12.0. The van der Waals surface area contributed by atoms with Crippen LogP contribution in [0.1, 0.15) is 44.9 Å². The number of rotatable bonds is 12. The lowest BCUT2D eigenvalue weighted by atomic mass is 9.95. The fraction of sp³-hybridized carbons (Fsp3) is 0.684. The van der Waals surface area contributed by atoms with Crippen molar-refractivity contribution in [2.24, 2.45) is 5.73 Å². The van der Waals surface area contributed by atoms with Gasteiger partial charge in [0.15, 0.2) is 0 Å². The average Bonchev–Trinajstić information content (AvgIpc) is 2.57. The van der Waals surface area contributed by atoms with E-state index in [0.29, 0.717) is 6.42 Å². The summed E-state index contributed by atoms with van der Waals surface area (Å²) in [4.78, 5) is 0. The van der Waals surface area contributed by atoms with Gasteiger partial charge in [0, 0.05) is 0 Å². The summed E-state index contributed by atoms with van der Waals surface area (Å²) in [5.74, 6) is 0. The summed E-state index contributed by atoms with van der Waals surface area (Å²) in [5.41, 5.74) is 5.08. The molecule has 0 atom stereocenters. The molecule has 0 saturated heterocycles. The minimum atomic E-state index is -1.26. The maximum absolute atomic E-state index is 9.15. The molecule has 0 bridgehead atoms. The van der Waals surface area contributed by atoms with E-state index < -0.39 is 13.6 Å². The van der Waals surface area contributed by atoms with Crippen molar-refractivity contribution in [2.45, 2.75) is 69.6 Å². The molecule has 5 heteroatoms. The van der Waals surface area contributed by atoms with Crippen molar-refractivity contribution in [3.05, 3.63) is 30.3 Å². The highest BCUT2D eigenvalue weighted by Crippen LogP contribution is 2.17. The Labute approximate surface area is 155 Å². The summed E-state index contributed by atoms with van der Waals surface area (Å²) in [6.07, 6.45) is 7.95. The Hall–Kier alpha value is -0.393. The number of hydrogen-bond donors (Lipinski definition) is 3. The van der Waals surface area contributed by atoms with Crippen molar-refractivity contribution in [1.29, 1.82) is 0 Å². The van der Waals surface area contributed by atoms with E-state index in [4.69, 9.17) is 15.9 Å². The molecule has 3 nitrogen and oxygen atoms in total. The van der Waals surface area contributed by atoms with E-state index in [1.54, 1.807) is 5.19 Å². The molecule has 0 aliphatic rings. The third kappa shape index (κ3) is 8.63. The van der Waals surface area contributed by atoms with Gasteiger partial charge < -0.3 is 15.9 Å². The monoisotopic (exact) mass is 373 g/mol. The number of aliphatic hydroxyl groups excluding tert-OH is 2. The van der Waals surface area contributed by atoms with Crippen LogP contribution in [-0.4, -0.2) is 37.0 Å². The lowest BCUT2D eigenvalue weighted by molar-refractivity contribution is 0.112. The second-order valence-electron chi connectivity index (χ2n) is 7.55. The standard InChI is InChI=1S/C19H35NO2Si.ClH/c1-23(2,18-12-8-7-9-13-18)15-11-6-4-3-5-10-14-19(20,16-21)17-22;/h7-9,12-13,21-22H,3-6,10-11,14-17,20H2,1-2H3;1H. The van der Waals surface area contributed by atoms with Crippen molar-refractivity contribution in [1.82, 2.24) is 0 Å². The van der Waals surface area contributed by atoms with Crippen molar-refractivity contribution < 1.29 is 10.2 Å². The van der Waals surface area contributed by atoms with E-state index in [2.05, 4.69) is 43.4 Å². The first-order valence-corrected chi connectivity index (χ1v) is 12.2. The summed E-state index contributed by atoms with van der Waals surface area (Å²) >= 11 is 0. The van der Waals surface area contributed by atoms with Crippen LogP contribution in [0.5, 0.6) is 0 Å². The first-order chi connectivity index (χ1) is 10.9. The quantitative estimate of drug-likeness (QED) is 0.388. The fourth-order valence-corrected chi connectivity index (χ4v) is 5.51. The van der Waals surface area contributed by atoms with E-state index in [1.165, 1.54) is 31.7 Å². The van der Waals surface area contributed by atoms with Gasteiger partial charge in [-0.3, -0.25) is 0 Å². The molecular weight excluding hydrogens is 338 g/mol. The minimum absolute atomic E-state index is 0. The number of hydrogen-bond acceptors (Lipinski definition) is 3. The van der Waals surface area contributed by atoms with Crippen molar-refractivity contribution in [3.8, 4) is 0 Å². The maximum atomic E-state index is 9.15. The normalized spacial score (nSPS) is 12.0. The fourth-order valence-electron chi connectivity index (χ4n) is 2.99. The average molecular weight is 374 g/mol. The van der Waals surface area contributed by atoms with Crippen LogP contribution in [-0.2, 0) is 0 Å². The van der Waals surface area contributed by atoms with Crippen molar-refractivity contribution in [2.75, 3.05) is 13.2 Å². The molecule has 0 aromatic heterocycles. The van der Waals surface area contributed by atoms with E-state index >= 15 is 0 Å². The number of nitrogens with two attached hydrogens (primary N) is 1. The summed E-state index contributed by atoms with van der Waals surface area (Å²) < 4.78 is 0. The van der Waals surface area contributed by atoms with E-state index in [9.17, 15) is 0 Å². The molecule has 1 aromatic carbocycles. The highest BCUT2D eigenvalue weighted by atomic mass is 35.5. The lowest BCUT2D eigenvalue weighted by Crippen LogP contribution is -2.47. The molecule has 0 heterocycles. The summed E-state index contributed by atoms with van der Waals surface area (Å²) in [6.45, 7) is 4.66. The van der Waals surface area contributed by atoms with Crippen LogP contribution in [0.25, 0.3) is 0 Å². The molecule has 4 N–H and O–H groups in total. The first kappa shape index (κ1) is 23.6. The smallest absolute Gasteiger partial charge is 0.0806 e. The van der Waals surface area contributed by atoms with Gasteiger partial charge in [-0.25, -0.2) is 0 Å². The van der Waals surface area contributed by atoms with Crippen molar-refractivity contribution >= 4 is 25.7 Å². The largest absolute Gasteiger partial charge is 0.394 e. The van der Waals surface area contributed by atoms with Gasteiger partial charge in [0.05, 0.1) is 26.8 Å². The molecule has 24 heavy (non-hydrogen) atoms. The van der Waals surface area contributed by atoms with Crippen molar-refractivity contribution in [3.63, 3.8) is 0 Å². The number of halogens is 1. The third-order valence-electron chi connectivity index (χ3n) is 4.91. The third-order valence-corrected chi connectivity index (χ3v) is 8.41. The predicted octanol–water partition coefficient (Wildman–Crippen LogP) is 3.44. The number of unbranched alkanes of at least 4 members (excludes halogenated alkanes) is 5. The van der Waals surface area contributed by atoms with Crippen LogP contribution in [0, 0.1) is 0 Å². The lowest BCUT2D eigenvalue weighted by Gasteiger charge is -2.24. The molecule has 0 spiro atoms. The summed E-state index contributed by atoms with van der Waals surface area (Å²) in [6, 6.07) is 12.3. The first-order valence-electron chi connectivity index (χ1n) is 9.00. The molecular formula is C19H36ClNO2Si. The van der Waals surface area contributed by atoms with Crippen LogP contribution < -0.4 is 10.9 Å². The predicted molar refractivity (Wildman–Crippen MR) is 109 cm³/mol. The van der Waals surface area contributed by atoms with E-state index in [1.807, 2.05) is 0 Å². The Balaban J connectivity index is 0.00000529. The summed E-state index contributed by atoms with van der Waals surface area (Å²) in [5, 5.41) is 19.9. The molecule has 0 unspecified atom stereocenters. The summed E-state index contributed by atoms with van der Waals surface area (Å²) in [7, 11) is -1.26. The van der Waals surface area contributed by atoms with Crippen LogP contribution in [0.3, 0.4) is 0 Å². The second-order valence-corrected chi connectivity index (χ2v) is 12.4. The van der Waals surface area contributed by atoms with E-state index in [-0.39, 0.29) is 25.6 Å². The minimum Gasteiger partial charge on any atom is -0.394 e. The Bertz CT molecular complexity index is 425. The molecule has 0 aliphatic carbocycles. The highest BCUT2D eigenvalue weighted by Gasteiger charge is 2.23. The van der Waals surface area contributed by atoms with Crippen LogP contribution >= 0.6 is 12.4 Å². The van der Waals surface area contributed by atoms with Gasteiger partial charge in [0.1, 0.15) is 0 Å². The van der Waals surface area contributed by atoms with Crippen LogP contribution in [0.15, 0.2) is 30.3 Å². The van der Waals surface area contributed by atoms with Crippen LogP contribution in [0.2, 0.25) is 19.1 Å². The van der Waals surface area contributed by atoms with Gasteiger partial charge in [0.25, 0.3) is 0 Å². The highest BCUT2D eigenvalue weighted by molar-refractivity contribution is 6.89. The Morgan fingerprint density at radius 2 is 1.38 bits per heavy atom. The Morgan fingerprint density at radius 3 is 1.92 bits per heavy atom. The van der Waals surface area contributed by atoms with Crippen LogP contribution in [0.4, 0.5) is 0 Å². The van der Waals surface area contributed by atoms with Gasteiger partial charge in [-0.15, -0.1) is 12.4 Å². The zero-order valence-electron chi connectivity index (χ0n) is 15.3.